The zero-order valence-corrected chi connectivity index (χ0v) is 23.9. The number of hydrogen-bond donors (Lipinski definition) is 1. The fraction of sp³-hybridized carbons (Fsp3) is 0.276. The second-order valence-corrected chi connectivity index (χ2v) is 9.98. The lowest BCUT2D eigenvalue weighted by atomic mass is 10.1. The van der Waals surface area contributed by atoms with E-state index in [9.17, 15) is 9.59 Å². The van der Waals surface area contributed by atoms with Crippen molar-refractivity contribution in [3.63, 3.8) is 0 Å². The summed E-state index contributed by atoms with van der Waals surface area (Å²) in [6, 6.07) is 18.1. The Morgan fingerprint density at radius 3 is 2.36 bits per heavy atom. The molecule has 0 radical (unpaired) electrons. The van der Waals surface area contributed by atoms with Crippen molar-refractivity contribution in [2.45, 2.75) is 33.9 Å². The van der Waals surface area contributed by atoms with Crippen molar-refractivity contribution >= 4 is 57.8 Å². The van der Waals surface area contributed by atoms with Crippen LogP contribution in [0.25, 0.3) is 0 Å². The predicted molar refractivity (Wildman–Crippen MR) is 156 cm³/mol. The Morgan fingerprint density at radius 1 is 1.00 bits per heavy atom. The summed E-state index contributed by atoms with van der Waals surface area (Å²) in [5.74, 6) is 0.708. The van der Waals surface area contributed by atoms with Gasteiger partial charge in [0, 0.05) is 30.2 Å². The molecule has 0 saturated heterocycles. The molecule has 204 valence electrons. The number of carbonyl (C=O) groups is 2. The smallest absolute Gasteiger partial charge is 0.227 e. The number of hydrazone groups is 1. The van der Waals surface area contributed by atoms with E-state index in [0.29, 0.717) is 45.2 Å². The summed E-state index contributed by atoms with van der Waals surface area (Å²) in [6.45, 7) is 7.45. The maximum atomic E-state index is 13.0. The van der Waals surface area contributed by atoms with Crippen LogP contribution in [0.2, 0.25) is 10.0 Å². The first-order valence-electron chi connectivity index (χ1n) is 12.5. The molecule has 0 bridgehead atoms. The number of ketones is 1. The van der Waals surface area contributed by atoms with Gasteiger partial charge in [-0.3, -0.25) is 14.5 Å². The Morgan fingerprint density at radius 2 is 1.72 bits per heavy atom. The fourth-order valence-electron chi connectivity index (χ4n) is 4.22. The maximum absolute atomic E-state index is 13.0. The molecule has 3 aromatic rings. The Hall–Kier alpha value is -3.75. The number of para-hydroxylation sites is 1. The number of methoxy groups -OCH3 is 1. The molecule has 39 heavy (non-hydrogen) atoms. The molecule has 0 aliphatic carbocycles. The van der Waals surface area contributed by atoms with E-state index < -0.39 is 6.17 Å². The largest absolute Gasteiger partial charge is 0.494 e. The van der Waals surface area contributed by atoms with Gasteiger partial charge in [-0.05, 0) is 43.3 Å². The number of nitrogens with zero attached hydrogens (tertiary/aromatic N) is 3. The number of halogens is 2. The highest BCUT2D eigenvalue weighted by Crippen LogP contribution is 2.44. The molecule has 8 nitrogen and oxygen atoms in total. The number of carbonyl (C=O) groups excluding carboxylic acids is 2. The van der Waals surface area contributed by atoms with Crippen molar-refractivity contribution in [1.29, 1.82) is 0 Å². The molecule has 1 N–H and O–H groups in total. The fourth-order valence-corrected chi connectivity index (χ4v) is 4.51. The molecule has 1 aliphatic heterocycles. The van der Waals surface area contributed by atoms with E-state index in [1.54, 1.807) is 35.3 Å². The second-order valence-electron chi connectivity index (χ2n) is 9.17. The van der Waals surface area contributed by atoms with Crippen LogP contribution < -0.4 is 24.7 Å². The lowest BCUT2D eigenvalue weighted by Crippen LogP contribution is -2.38. The normalized spacial score (nSPS) is 14.9. The number of benzene rings is 3. The zero-order valence-electron chi connectivity index (χ0n) is 22.4. The van der Waals surface area contributed by atoms with Gasteiger partial charge in [-0.2, -0.15) is 0 Å². The summed E-state index contributed by atoms with van der Waals surface area (Å²) in [5.41, 5.74) is 2.56. The van der Waals surface area contributed by atoms with Gasteiger partial charge in [-0.15, -0.1) is 5.10 Å². The highest BCUT2D eigenvalue weighted by molar-refractivity contribution is 6.44. The van der Waals surface area contributed by atoms with Crippen LogP contribution in [-0.4, -0.2) is 31.2 Å². The van der Waals surface area contributed by atoms with Gasteiger partial charge in [0.25, 0.3) is 0 Å². The van der Waals surface area contributed by atoms with Crippen molar-refractivity contribution in [3.05, 3.63) is 76.3 Å². The quantitative estimate of drug-likeness (QED) is 0.301. The van der Waals surface area contributed by atoms with Gasteiger partial charge in [0.1, 0.15) is 11.5 Å². The summed E-state index contributed by atoms with van der Waals surface area (Å²) >= 11 is 12.6. The van der Waals surface area contributed by atoms with Gasteiger partial charge >= 0.3 is 0 Å². The average Bonchev–Trinajstić information content (AvgIpc) is 3.31. The average molecular weight is 569 g/mol. The highest BCUT2D eigenvalue weighted by Gasteiger charge is 2.41. The standard InChI is InChI=1S/C29H30Cl2N4O4/c1-6-39-25-10-8-7-9-21(25)29-34(19-12-14-24(26(16-19)38-5)32-28(37)17(2)3)27(18(4)36)33-35(29)20-11-13-22(30)23(31)15-20/h7-17,29H,6H2,1-5H3,(H,32,37)/t29-/m0/s1. The molecular weight excluding hydrogens is 539 g/mol. The Bertz CT molecular complexity index is 1430. The van der Waals surface area contributed by atoms with Gasteiger partial charge in [0.05, 0.1) is 35.1 Å². The number of anilines is 3. The lowest BCUT2D eigenvalue weighted by Gasteiger charge is -2.33. The third-order valence-corrected chi connectivity index (χ3v) is 6.87. The summed E-state index contributed by atoms with van der Waals surface area (Å²) in [5, 5.41) is 10.1. The molecule has 1 amide bonds. The Labute approximate surface area is 238 Å². The first-order chi connectivity index (χ1) is 18.7. The van der Waals surface area contributed by atoms with E-state index in [2.05, 4.69) is 5.32 Å². The minimum Gasteiger partial charge on any atom is -0.494 e. The molecule has 0 spiro atoms. The highest BCUT2D eigenvalue weighted by atomic mass is 35.5. The number of amides is 1. The molecule has 0 saturated carbocycles. The van der Waals surface area contributed by atoms with Crippen LogP contribution in [0.5, 0.6) is 11.5 Å². The first kappa shape index (κ1) is 28.3. The number of ether oxygens (including phenoxy) is 2. The second kappa shape index (κ2) is 12.0. The molecule has 0 unspecified atom stereocenters. The number of nitrogens with one attached hydrogen (secondary N) is 1. The number of amidine groups is 1. The van der Waals surface area contributed by atoms with Crippen LogP contribution in [0.1, 0.15) is 39.4 Å². The molecule has 4 rings (SSSR count). The van der Waals surface area contributed by atoms with Crippen molar-refractivity contribution < 1.29 is 19.1 Å². The molecule has 3 aromatic carbocycles. The summed E-state index contributed by atoms with van der Waals surface area (Å²) in [7, 11) is 1.53. The van der Waals surface area contributed by atoms with E-state index in [4.69, 9.17) is 37.8 Å². The van der Waals surface area contributed by atoms with Crippen LogP contribution in [0, 0.1) is 5.92 Å². The van der Waals surface area contributed by atoms with E-state index in [1.807, 2.05) is 56.0 Å². The van der Waals surface area contributed by atoms with Crippen molar-refractivity contribution in [3.8, 4) is 11.5 Å². The zero-order chi connectivity index (χ0) is 28.3. The van der Waals surface area contributed by atoms with Crippen molar-refractivity contribution in [1.82, 2.24) is 0 Å². The van der Waals surface area contributed by atoms with E-state index >= 15 is 0 Å². The van der Waals surface area contributed by atoms with Crippen LogP contribution >= 0.6 is 23.2 Å². The predicted octanol–water partition coefficient (Wildman–Crippen LogP) is 6.92. The van der Waals surface area contributed by atoms with E-state index in [0.717, 1.165) is 5.56 Å². The number of rotatable bonds is 9. The van der Waals surface area contributed by atoms with E-state index in [1.165, 1.54) is 14.0 Å². The van der Waals surface area contributed by atoms with Gasteiger partial charge in [-0.25, -0.2) is 5.01 Å². The summed E-state index contributed by atoms with van der Waals surface area (Å²) in [4.78, 5) is 27.2. The number of hydrogen-bond acceptors (Lipinski definition) is 7. The molecule has 0 aromatic heterocycles. The molecule has 1 heterocycles. The topological polar surface area (TPSA) is 83.5 Å². The SMILES string of the molecule is CCOc1ccccc1[C@@H]1N(c2ccc(Cl)c(Cl)c2)N=C(C(C)=O)N1c1ccc(NC(=O)C(C)C)c(OC)c1. The monoisotopic (exact) mass is 568 g/mol. The minimum absolute atomic E-state index is 0.137. The molecule has 10 heteroatoms. The lowest BCUT2D eigenvalue weighted by molar-refractivity contribution is -0.119. The maximum Gasteiger partial charge on any atom is 0.227 e. The van der Waals surface area contributed by atoms with Crippen molar-refractivity contribution in [2.75, 3.05) is 28.9 Å². The van der Waals surface area contributed by atoms with Crippen LogP contribution in [0.3, 0.4) is 0 Å². The van der Waals surface area contributed by atoms with Gasteiger partial charge in [0.15, 0.2) is 17.8 Å². The summed E-state index contributed by atoms with van der Waals surface area (Å²) < 4.78 is 11.6. The minimum atomic E-state index is -0.621. The van der Waals surface area contributed by atoms with Crippen LogP contribution in [0.4, 0.5) is 17.1 Å². The molecule has 1 atom stereocenters. The van der Waals surface area contributed by atoms with Crippen LogP contribution in [-0.2, 0) is 9.59 Å². The summed E-state index contributed by atoms with van der Waals surface area (Å²) in [6.07, 6.45) is -0.621. The number of Topliss-reactive ketones (excluding diaryl/α,β-unsaturated/α-hetero) is 1. The third kappa shape index (κ3) is 5.82. The molecule has 0 fully saturated rings. The van der Waals surface area contributed by atoms with Gasteiger partial charge < -0.3 is 14.8 Å². The van der Waals surface area contributed by atoms with Crippen LogP contribution in [0.15, 0.2) is 65.8 Å². The molecular formula is C29H30Cl2N4O4. The van der Waals surface area contributed by atoms with E-state index in [-0.39, 0.29) is 23.4 Å². The van der Waals surface area contributed by atoms with Gasteiger partial charge in [-0.1, -0.05) is 55.2 Å². The Kier molecular flexibility index (Phi) is 8.67. The van der Waals surface area contributed by atoms with Gasteiger partial charge in [0.2, 0.25) is 5.91 Å². The molecule has 1 aliphatic rings. The Balaban J connectivity index is 1.91. The van der Waals surface area contributed by atoms with Crippen molar-refractivity contribution in [2.24, 2.45) is 11.0 Å². The first-order valence-corrected chi connectivity index (χ1v) is 13.3. The third-order valence-electron chi connectivity index (χ3n) is 6.13.